The first-order chi connectivity index (χ1) is 7.84. The fourth-order valence-corrected chi connectivity index (χ4v) is 2.65. The van der Waals surface area contributed by atoms with Gasteiger partial charge in [0.15, 0.2) is 0 Å². The Bertz CT molecular complexity index is 487. The van der Waals surface area contributed by atoms with Crippen molar-refractivity contribution in [2.45, 2.75) is 46.5 Å². The standard InChI is InChI=1S/C16H22O/c1-10-7-12-9-14(16(3,4)5)15(17-6)11(2)13(12)8-10/h8-9H,7H2,1-6H3. The molecule has 0 saturated heterocycles. The Balaban J connectivity index is 2.68. The molecule has 0 amide bonds. The molecule has 0 heterocycles. The van der Waals surface area contributed by atoms with Crippen LogP contribution in [0.3, 0.4) is 0 Å². The van der Waals surface area contributed by atoms with E-state index in [1.807, 2.05) is 0 Å². The zero-order valence-corrected chi connectivity index (χ0v) is 11.8. The number of allylic oxidation sites excluding steroid dienone is 1. The average molecular weight is 230 g/mol. The summed E-state index contributed by atoms with van der Waals surface area (Å²) >= 11 is 0. The van der Waals surface area contributed by atoms with E-state index < -0.39 is 0 Å². The van der Waals surface area contributed by atoms with E-state index in [0.717, 1.165) is 12.2 Å². The topological polar surface area (TPSA) is 9.23 Å². The lowest BCUT2D eigenvalue weighted by Gasteiger charge is -2.25. The Morgan fingerprint density at radius 2 is 1.82 bits per heavy atom. The first kappa shape index (κ1) is 12.2. The van der Waals surface area contributed by atoms with Gasteiger partial charge in [-0.3, -0.25) is 0 Å². The van der Waals surface area contributed by atoms with Crippen molar-refractivity contribution in [3.05, 3.63) is 33.9 Å². The van der Waals surface area contributed by atoms with E-state index in [1.54, 1.807) is 7.11 Å². The van der Waals surface area contributed by atoms with Crippen molar-refractivity contribution in [3.8, 4) is 5.75 Å². The highest BCUT2D eigenvalue weighted by molar-refractivity contribution is 5.70. The smallest absolute Gasteiger partial charge is 0.126 e. The molecule has 1 aliphatic carbocycles. The molecule has 17 heavy (non-hydrogen) atoms. The molecule has 0 N–H and O–H groups in total. The van der Waals surface area contributed by atoms with Gasteiger partial charge in [0.1, 0.15) is 5.75 Å². The third-order valence-corrected chi connectivity index (χ3v) is 3.53. The number of methoxy groups -OCH3 is 1. The molecule has 0 spiro atoms. The van der Waals surface area contributed by atoms with Crippen LogP contribution in [0.25, 0.3) is 6.08 Å². The van der Waals surface area contributed by atoms with E-state index in [1.165, 1.54) is 27.8 Å². The van der Waals surface area contributed by atoms with Gasteiger partial charge in [0.05, 0.1) is 7.11 Å². The van der Waals surface area contributed by atoms with Crippen LogP contribution in [0.4, 0.5) is 0 Å². The molecule has 1 aromatic rings. The lowest BCUT2D eigenvalue weighted by atomic mass is 9.83. The SMILES string of the molecule is COc1c(C(C)(C)C)cc2c(c1C)C=C(C)C2. The molecule has 0 aromatic heterocycles. The molecule has 1 nitrogen and oxygen atoms in total. The van der Waals surface area contributed by atoms with Crippen molar-refractivity contribution in [3.63, 3.8) is 0 Å². The van der Waals surface area contributed by atoms with Crippen molar-refractivity contribution in [2.24, 2.45) is 0 Å². The maximum Gasteiger partial charge on any atom is 0.126 e. The van der Waals surface area contributed by atoms with Crippen molar-refractivity contribution in [1.29, 1.82) is 0 Å². The fraction of sp³-hybridized carbons (Fsp3) is 0.500. The maximum absolute atomic E-state index is 5.63. The molecule has 0 bridgehead atoms. The highest BCUT2D eigenvalue weighted by Crippen LogP contribution is 2.40. The predicted molar refractivity (Wildman–Crippen MR) is 73.8 cm³/mol. The summed E-state index contributed by atoms with van der Waals surface area (Å²) in [5.41, 5.74) is 6.99. The second-order valence-corrected chi connectivity index (χ2v) is 6.07. The summed E-state index contributed by atoms with van der Waals surface area (Å²) in [7, 11) is 1.77. The largest absolute Gasteiger partial charge is 0.496 e. The number of fused-ring (bicyclic) bond motifs is 1. The molecule has 92 valence electrons. The minimum absolute atomic E-state index is 0.127. The molecule has 0 atom stereocenters. The minimum Gasteiger partial charge on any atom is -0.496 e. The molecular formula is C16H22O. The summed E-state index contributed by atoms with van der Waals surface area (Å²) < 4.78 is 5.63. The van der Waals surface area contributed by atoms with Crippen molar-refractivity contribution in [2.75, 3.05) is 7.11 Å². The van der Waals surface area contributed by atoms with E-state index >= 15 is 0 Å². The van der Waals surface area contributed by atoms with Crippen LogP contribution in [0.1, 0.15) is 49.9 Å². The van der Waals surface area contributed by atoms with Crippen molar-refractivity contribution < 1.29 is 4.74 Å². The number of ether oxygens (including phenoxy) is 1. The molecule has 0 fully saturated rings. The summed E-state index contributed by atoms with van der Waals surface area (Å²) in [6.45, 7) is 11.1. The zero-order valence-electron chi connectivity index (χ0n) is 11.8. The number of benzene rings is 1. The first-order valence-corrected chi connectivity index (χ1v) is 6.22. The van der Waals surface area contributed by atoms with Gasteiger partial charge in [-0.15, -0.1) is 0 Å². The quantitative estimate of drug-likeness (QED) is 0.700. The number of hydrogen-bond acceptors (Lipinski definition) is 1. The molecule has 1 aromatic carbocycles. The second kappa shape index (κ2) is 3.90. The first-order valence-electron chi connectivity index (χ1n) is 6.22. The monoisotopic (exact) mass is 230 g/mol. The molecule has 1 aliphatic rings. The average Bonchev–Trinajstić information content (AvgIpc) is 2.57. The van der Waals surface area contributed by atoms with Crippen LogP contribution < -0.4 is 4.74 Å². The fourth-order valence-electron chi connectivity index (χ4n) is 2.65. The van der Waals surface area contributed by atoms with Crippen LogP contribution in [-0.4, -0.2) is 7.11 Å². The second-order valence-electron chi connectivity index (χ2n) is 6.07. The van der Waals surface area contributed by atoms with Gasteiger partial charge in [-0.05, 0) is 42.4 Å². The van der Waals surface area contributed by atoms with Crippen LogP contribution in [0.5, 0.6) is 5.75 Å². The normalized spacial score (nSPS) is 14.6. The summed E-state index contributed by atoms with van der Waals surface area (Å²) in [6, 6.07) is 2.33. The maximum atomic E-state index is 5.63. The molecule has 0 saturated carbocycles. The Hall–Kier alpha value is -1.24. The molecule has 2 rings (SSSR count). The highest BCUT2D eigenvalue weighted by atomic mass is 16.5. The summed E-state index contributed by atoms with van der Waals surface area (Å²) in [4.78, 5) is 0. The van der Waals surface area contributed by atoms with Gasteiger partial charge < -0.3 is 4.74 Å². The predicted octanol–water partition coefficient (Wildman–Crippen LogP) is 4.26. The van der Waals surface area contributed by atoms with Gasteiger partial charge in [0.25, 0.3) is 0 Å². The van der Waals surface area contributed by atoms with Crippen LogP contribution in [0.2, 0.25) is 0 Å². The molecule has 0 unspecified atom stereocenters. The summed E-state index contributed by atoms with van der Waals surface area (Å²) in [5, 5.41) is 0. The number of rotatable bonds is 1. The number of hydrogen-bond donors (Lipinski definition) is 0. The van der Waals surface area contributed by atoms with Crippen LogP contribution in [0.15, 0.2) is 11.6 Å². The molecule has 0 aliphatic heterocycles. The van der Waals surface area contributed by atoms with Gasteiger partial charge in [0, 0.05) is 5.56 Å². The van der Waals surface area contributed by atoms with Crippen LogP contribution in [0, 0.1) is 6.92 Å². The third-order valence-electron chi connectivity index (χ3n) is 3.53. The Kier molecular flexibility index (Phi) is 2.81. The van der Waals surface area contributed by atoms with Gasteiger partial charge >= 0.3 is 0 Å². The molecule has 0 radical (unpaired) electrons. The molecular weight excluding hydrogens is 208 g/mol. The van der Waals surface area contributed by atoms with E-state index in [4.69, 9.17) is 4.74 Å². The zero-order chi connectivity index (χ0) is 12.8. The lowest BCUT2D eigenvalue weighted by molar-refractivity contribution is 0.394. The Morgan fingerprint density at radius 1 is 1.18 bits per heavy atom. The minimum atomic E-state index is 0.127. The van der Waals surface area contributed by atoms with Gasteiger partial charge in [-0.2, -0.15) is 0 Å². The van der Waals surface area contributed by atoms with E-state index in [2.05, 4.69) is 46.8 Å². The molecule has 1 heteroatoms. The summed E-state index contributed by atoms with van der Waals surface area (Å²) in [6.07, 6.45) is 3.38. The van der Waals surface area contributed by atoms with E-state index in [0.29, 0.717) is 0 Å². The van der Waals surface area contributed by atoms with Crippen molar-refractivity contribution in [1.82, 2.24) is 0 Å². The lowest BCUT2D eigenvalue weighted by Crippen LogP contribution is -2.14. The highest BCUT2D eigenvalue weighted by Gasteiger charge is 2.25. The van der Waals surface area contributed by atoms with Gasteiger partial charge in [-0.25, -0.2) is 0 Å². The summed E-state index contributed by atoms with van der Waals surface area (Å²) in [5.74, 6) is 1.06. The Labute approximate surface area is 104 Å². The van der Waals surface area contributed by atoms with Gasteiger partial charge in [0.2, 0.25) is 0 Å². The van der Waals surface area contributed by atoms with E-state index in [9.17, 15) is 0 Å². The Morgan fingerprint density at radius 3 is 2.35 bits per heavy atom. The third kappa shape index (κ3) is 1.99. The van der Waals surface area contributed by atoms with Crippen LogP contribution >= 0.6 is 0 Å². The van der Waals surface area contributed by atoms with Crippen molar-refractivity contribution >= 4 is 6.08 Å². The van der Waals surface area contributed by atoms with E-state index in [-0.39, 0.29) is 5.41 Å². The van der Waals surface area contributed by atoms with Gasteiger partial charge in [-0.1, -0.05) is 38.5 Å². The van der Waals surface area contributed by atoms with Crippen LogP contribution in [-0.2, 0) is 11.8 Å².